The highest BCUT2D eigenvalue weighted by Crippen LogP contribution is 2.58. The van der Waals surface area contributed by atoms with E-state index in [2.05, 4.69) is 9.71 Å². The average molecular weight is 1010 g/mol. The molecule has 4 fully saturated rings. The van der Waals surface area contributed by atoms with Gasteiger partial charge in [-0.1, -0.05) is 25.1 Å². The van der Waals surface area contributed by atoms with Crippen molar-refractivity contribution in [3.05, 3.63) is 72.9 Å². The van der Waals surface area contributed by atoms with E-state index in [0.29, 0.717) is 54.3 Å². The summed E-state index contributed by atoms with van der Waals surface area (Å²) in [6.45, 7) is 7.89. The molecule has 1 unspecified atom stereocenters. The number of esters is 1. The van der Waals surface area contributed by atoms with Crippen LogP contribution in [0, 0.1) is 17.3 Å². The number of Topliss-reactive ketones (excluding diaryl/α,β-unsaturated/α-hetero) is 1. The molecule has 2 amide bonds. The summed E-state index contributed by atoms with van der Waals surface area (Å²) in [5.41, 5.74) is -2.11. The maximum Gasteiger partial charge on any atom is 0.430 e. The van der Waals surface area contributed by atoms with Gasteiger partial charge in [0.05, 0.1) is 77.1 Å². The molecule has 2 aromatic heterocycles. The van der Waals surface area contributed by atoms with Crippen molar-refractivity contribution in [1.82, 2.24) is 19.6 Å². The van der Waals surface area contributed by atoms with Crippen LogP contribution in [0.15, 0.2) is 72.9 Å². The quantitative estimate of drug-likeness (QED) is 0.128. The highest BCUT2D eigenvalue weighted by Gasteiger charge is 2.63. The molecule has 71 heavy (non-hydrogen) atoms. The van der Waals surface area contributed by atoms with E-state index >= 15 is 9.59 Å². The normalized spacial score (nSPS) is 29.5. The highest BCUT2D eigenvalue weighted by molar-refractivity contribution is 7.91. The first-order chi connectivity index (χ1) is 33.6. The summed E-state index contributed by atoms with van der Waals surface area (Å²) in [5.74, 6) is -4.30. The van der Waals surface area contributed by atoms with Gasteiger partial charge < -0.3 is 28.6 Å². The molecule has 5 heterocycles. The van der Waals surface area contributed by atoms with Crippen LogP contribution in [-0.4, -0.2) is 114 Å². The molecule has 5 aliphatic rings. The summed E-state index contributed by atoms with van der Waals surface area (Å²) in [6.07, 6.45) is -1.96. The van der Waals surface area contributed by atoms with Gasteiger partial charge in [-0.25, -0.2) is 13.4 Å². The number of ether oxygens (including phenoxy) is 5. The minimum absolute atomic E-state index is 0.00571. The number of pyridine rings is 2. The van der Waals surface area contributed by atoms with Crippen molar-refractivity contribution in [3.63, 3.8) is 0 Å². The molecule has 19 heteroatoms. The van der Waals surface area contributed by atoms with E-state index < -0.39 is 118 Å². The number of sulfonamides is 1. The van der Waals surface area contributed by atoms with Crippen molar-refractivity contribution in [1.29, 1.82) is 0 Å². The second-order valence-electron chi connectivity index (χ2n) is 20.3. The molecule has 1 N–H and O–H groups in total. The fourth-order valence-corrected chi connectivity index (χ4v) is 11.2. The Labute approximate surface area is 412 Å². The standard InChI is InChI=1S/C52H63F3N4O11S/c1-6-45-39(27-46(61)70-51(52(53,54)55)19-11-23-66-31-51)47(62)59-30-38(69-37-24-41(34-15-17-36(18-16-34)67-32(2)3)57-42(25-37)40-14-9-10-22-56-40)26-43(59)44(60)29-50(28-35(50)13-8-7-12-33(4)68-45)48(63)58-71(64,65)49(5)20-21-49/h8-10,13-18,22,24-25,32-33,35,38-39,43,45H,6-7,11-12,19-21,23,26-31H2,1-5H3,(H,58,63)/b13-8-/t33-,35-,38-,39+,43+,45+,50-,51?/m1/s1. The van der Waals surface area contributed by atoms with Crippen molar-refractivity contribution in [2.75, 3.05) is 19.8 Å². The van der Waals surface area contributed by atoms with Gasteiger partial charge >= 0.3 is 12.1 Å². The summed E-state index contributed by atoms with van der Waals surface area (Å²) in [5, 5.41) is 0. The van der Waals surface area contributed by atoms with E-state index in [-0.39, 0.29) is 44.9 Å². The first kappa shape index (κ1) is 51.9. The van der Waals surface area contributed by atoms with Crippen LogP contribution in [0.4, 0.5) is 13.2 Å². The Hall–Kier alpha value is -5.40. The largest absolute Gasteiger partial charge is 0.491 e. The van der Waals surface area contributed by atoms with Crippen LogP contribution in [0.1, 0.15) is 105 Å². The molecular formula is C52H63F3N4O11S. The number of nitrogens with zero attached hydrogens (tertiary/aromatic N) is 3. The first-order valence-corrected chi connectivity index (χ1v) is 26.1. The number of benzene rings is 1. The summed E-state index contributed by atoms with van der Waals surface area (Å²) >= 11 is 0. The van der Waals surface area contributed by atoms with Crippen LogP contribution in [0.5, 0.6) is 11.5 Å². The zero-order chi connectivity index (χ0) is 50.9. The Kier molecular flexibility index (Phi) is 15.1. The maximum absolute atomic E-state index is 15.4. The molecule has 0 radical (unpaired) electrons. The van der Waals surface area contributed by atoms with E-state index in [1.165, 1.54) is 4.90 Å². The van der Waals surface area contributed by atoms with Gasteiger partial charge in [-0.2, -0.15) is 13.2 Å². The van der Waals surface area contributed by atoms with E-state index in [9.17, 15) is 31.2 Å². The van der Waals surface area contributed by atoms with Crippen molar-refractivity contribution in [2.45, 2.75) is 152 Å². The molecular weight excluding hydrogens is 946 g/mol. The van der Waals surface area contributed by atoms with E-state index in [4.69, 9.17) is 28.7 Å². The zero-order valence-electron chi connectivity index (χ0n) is 40.7. The first-order valence-electron chi connectivity index (χ1n) is 24.6. The Morgan fingerprint density at radius 3 is 2.41 bits per heavy atom. The lowest BCUT2D eigenvalue weighted by atomic mass is 9.90. The second-order valence-corrected chi connectivity index (χ2v) is 22.5. The Morgan fingerprint density at radius 1 is 1.01 bits per heavy atom. The number of rotatable bonds is 13. The third-order valence-corrected chi connectivity index (χ3v) is 16.6. The fourth-order valence-electron chi connectivity index (χ4n) is 9.91. The van der Waals surface area contributed by atoms with E-state index in [1.54, 1.807) is 51.2 Å². The van der Waals surface area contributed by atoms with Crippen molar-refractivity contribution in [3.8, 4) is 34.1 Å². The minimum atomic E-state index is -4.97. The molecule has 8 rings (SSSR count). The number of allylic oxidation sites excluding steroid dienone is 2. The Balaban J connectivity index is 1.16. The van der Waals surface area contributed by atoms with Gasteiger partial charge in [0.25, 0.3) is 0 Å². The molecule has 1 aromatic carbocycles. The van der Waals surface area contributed by atoms with Gasteiger partial charge in [-0.05, 0) is 115 Å². The summed E-state index contributed by atoms with van der Waals surface area (Å²) in [4.78, 5) is 69.2. The monoisotopic (exact) mass is 1010 g/mol. The predicted octanol–water partition coefficient (Wildman–Crippen LogP) is 8.10. The smallest absolute Gasteiger partial charge is 0.430 e. The molecule has 2 saturated heterocycles. The topological polar surface area (TPSA) is 190 Å². The number of nitrogens with one attached hydrogen (secondary N) is 1. The van der Waals surface area contributed by atoms with Gasteiger partial charge in [0, 0.05) is 49.8 Å². The lowest BCUT2D eigenvalue weighted by molar-refractivity contribution is -0.295. The zero-order valence-corrected chi connectivity index (χ0v) is 41.6. The summed E-state index contributed by atoms with van der Waals surface area (Å²) in [6, 6.07) is 14.9. The van der Waals surface area contributed by atoms with Crippen LogP contribution in [0.25, 0.3) is 22.6 Å². The summed E-state index contributed by atoms with van der Waals surface area (Å²) < 4.78 is 101. The summed E-state index contributed by atoms with van der Waals surface area (Å²) in [7, 11) is -4.09. The van der Waals surface area contributed by atoms with Gasteiger partial charge in [-0.3, -0.25) is 28.9 Å². The van der Waals surface area contributed by atoms with Crippen LogP contribution in [0.2, 0.25) is 0 Å². The number of alkyl halides is 3. The molecule has 2 saturated carbocycles. The lowest BCUT2D eigenvalue weighted by Crippen LogP contribution is -2.55. The van der Waals surface area contributed by atoms with Crippen molar-refractivity contribution in [2.24, 2.45) is 17.3 Å². The number of fused-ring (bicyclic) bond motifs is 2. The number of hydrogen-bond acceptors (Lipinski definition) is 13. The molecule has 8 atom stereocenters. The van der Waals surface area contributed by atoms with Crippen LogP contribution >= 0.6 is 0 Å². The van der Waals surface area contributed by atoms with Crippen LogP contribution < -0.4 is 14.2 Å². The highest BCUT2D eigenvalue weighted by atomic mass is 32.2. The third kappa shape index (κ3) is 11.5. The van der Waals surface area contributed by atoms with Gasteiger partial charge in [0.2, 0.25) is 27.4 Å². The Bertz CT molecular complexity index is 2590. The predicted molar refractivity (Wildman–Crippen MR) is 254 cm³/mol. The molecule has 2 aliphatic carbocycles. The molecule has 15 nitrogen and oxygen atoms in total. The average Bonchev–Trinajstić information content (AvgIpc) is 4.21. The molecule has 0 spiro atoms. The van der Waals surface area contributed by atoms with Crippen LogP contribution in [0.3, 0.4) is 0 Å². The van der Waals surface area contributed by atoms with Crippen LogP contribution in [-0.2, 0) is 43.4 Å². The Morgan fingerprint density at radius 2 is 1.76 bits per heavy atom. The van der Waals surface area contributed by atoms with E-state index in [0.717, 1.165) is 5.56 Å². The maximum atomic E-state index is 15.4. The molecule has 3 aromatic rings. The number of aromatic nitrogens is 2. The molecule has 0 bridgehead atoms. The third-order valence-electron chi connectivity index (χ3n) is 14.5. The fraction of sp³-hybridized carbons (Fsp3) is 0.577. The van der Waals surface area contributed by atoms with Gasteiger partial charge in [0.1, 0.15) is 17.6 Å². The minimum Gasteiger partial charge on any atom is -0.491 e. The van der Waals surface area contributed by atoms with Gasteiger partial charge in [-0.15, -0.1) is 0 Å². The SMILES string of the molecule is CC[C@@H]1O[C@H](C)CC/C=C\[C@@H]2C[C@@]2(C(=O)NS(=O)(=O)C2(C)CC2)CC(=O)[C@@H]2C[C@@H](Oc3cc(-c4ccc(OC(C)C)cc4)nc(-c4ccccn4)c3)CN2C(=O)[C@H]1CC(=O)OC1(C(F)(F)F)CCCOC1. The lowest BCUT2D eigenvalue weighted by Gasteiger charge is -2.38. The number of carbonyl (C=O) groups is 4. The number of hydrogen-bond donors (Lipinski definition) is 1. The molecule has 3 aliphatic heterocycles. The van der Waals surface area contributed by atoms with Gasteiger partial charge in [0.15, 0.2) is 5.78 Å². The number of amides is 2. The number of halogens is 3. The van der Waals surface area contributed by atoms with Crippen molar-refractivity contribution < 1.29 is 64.5 Å². The number of ketones is 1. The number of carbonyl (C=O) groups excluding carboxylic acids is 4. The second kappa shape index (κ2) is 20.6. The van der Waals surface area contributed by atoms with E-state index in [1.807, 2.05) is 56.3 Å². The van der Waals surface area contributed by atoms with Crippen molar-refractivity contribution >= 4 is 33.6 Å². The molecule has 384 valence electrons.